The highest BCUT2D eigenvalue weighted by atomic mass is 79.9. The Labute approximate surface area is 126 Å². The van der Waals surface area contributed by atoms with Crippen LogP contribution in [-0.4, -0.2) is 22.6 Å². The topological polar surface area (TPSA) is 62.2 Å². The monoisotopic (exact) mass is 334 g/mol. The molecule has 1 heterocycles. The van der Waals surface area contributed by atoms with Gasteiger partial charge in [-0.25, -0.2) is 4.79 Å². The molecule has 2 N–H and O–H groups in total. The number of hydrogen-bond acceptors (Lipinski definition) is 3. The Hall–Kier alpha value is -1.72. The van der Waals surface area contributed by atoms with Gasteiger partial charge in [0.25, 0.3) is 0 Å². The summed E-state index contributed by atoms with van der Waals surface area (Å²) >= 11 is 3.40. The quantitative estimate of drug-likeness (QED) is 0.797. The van der Waals surface area contributed by atoms with Gasteiger partial charge in [0.1, 0.15) is 0 Å². The van der Waals surface area contributed by atoms with Crippen molar-refractivity contribution < 1.29 is 9.90 Å². The van der Waals surface area contributed by atoms with Crippen molar-refractivity contribution in [3.05, 3.63) is 63.9 Å². The van der Waals surface area contributed by atoms with Crippen LogP contribution in [0.25, 0.3) is 0 Å². The second-order valence-electron chi connectivity index (χ2n) is 4.39. The lowest BCUT2D eigenvalue weighted by Crippen LogP contribution is -2.17. The molecule has 0 bridgehead atoms. The summed E-state index contributed by atoms with van der Waals surface area (Å²) in [5.41, 5.74) is 2.58. The lowest BCUT2D eigenvalue weighted by Gasteiger charge is -2.08. The van der Waals surface area contributed by atoms with Crippen molar-refractivity contribution in [1.82, 2.24) is 10.3 Å². The van der Waals surface area contributed by atoms with Gasteiger partial charge >= 0.3 is 5.97 Å². The van der Waals surface area contributed by atoms with E-state index in [4.69, 9.17) is 5.11 Å². The number of carboxylic acids is 1. The summed E-state index contributed by atoms with van der Waals surface area (Å²) in [4.78, 5) is 14.8. The summed E-state index contributed by atoms with van der Waals surface area (Å²) in [5.74, 6) is -0.914. The number of rotatable bonds is 6. The molecule has 1 aromatic carbocycles. The van der Waals surface area contributed by atoms with Gasteiger partial charge in [0, 0.05) is 23.4 Å². The van der Waals surface area contributed by atoms with E-state index in [0.717, 1.165) is 23.0 Å². The number of pyridine rings is 1. The number of nitrogens with one attached hydrogen (secondary N) is 1. The number of benzene rings is 1. The number of nitrogens with zero attached hydrogens (tertiary/aromatic N) is 1. The van der Waals surface area contributed by atoms with Gasteiger partial charge in [-0.05, 0) is 48.4 Å². The van der Waals surface area contributed by atoms with E-state index in [1.54, 1.807) is 24.5 Å². The van der Waals surface area contributed by atoms with E-state index in [-0.39, 0.29) is 5.56 Å². The van der Waals surface area contributed by atoms with E-state index in [0.29, 0.717) is 6.54 Å². The fraction of sp³-hybridized carbons (Fsp3) is 0.200. The average molecular weight is 335 g/mol. The Morgan fingerprint density at radius 1 is 1.25 bits per heavy atom. The summed E-state index contributed by atoms with van der Waals surface area (Å²) in [6.07, 6.45) is 4.51. The molecule has 0 spiro atoms. The molecule has 0 saturated heterocycles. The summed E-state index contributed by atoms with van der Waals surface area (Å²) in [6.45, 7) is 1.56. The van der Waals surface area contributed by atoms with E-state index >= 15 is 0 Å². The molecule has 0 radical (unpaired) electrons. The Bertz CT molecular complexity index is 588. The van der Waals surface area contributed by atoms with E-state index in [2.05, 4.69) is 26.2 Å². The second kappa shape index (κ2) is 7.17. The van der Waals surface area contributed by atoms with Gasteiger partial charge in [0.15, 0.2) is 0 Å². The average Bonchev–Trinajstić information content (AvgIpc) is 2.46. The van der Waals surface area contributed by atoms with Crippen LogP contribution in [0.15, 0.2) is 47.2 Å². The molecule has 4 nitrogen and oxygen atoms in total. The van der Waals surface area contributed by atoms with E-state index < -0.39 is 5.97 Å². The molecule has 5 heteroatoms. The fourth-order valence-electron chi connectivity index (χ4n) is 1.83. The Balaban J connectivity index is 1.84. The fourth-order valence-corrected chi connectivity index (χ4v) is 2.35. The third-order valence-electron chi connectivity index (χ3n) is 2.96. The zero-order valence-electron chi connectivity index (χ0n) is 10.8. The number of halogens is 1. The normalized spacial score (nSPS) is 10.4. The SMILES string of the molecule is O=C(O)c1ccc(CNCCc2ccncc2)c(Br)c1. The first kappa shape index (κ1) is 14.7. The minimum atomic E-state index is -0.914. The van der Waals surface area contributed by atoms with Gasteiger partial charge in [-0.15, -0.1) is 0 Å². The zero-order chi connectivity index (χ0) is 14.4. The van der Waals surface area contributed by atoms with Gasteiger partial charge in [-0.1, -0.05) is 22.0 Å². The van der Waals surface area contributed by atoms with Gasteiger partial charge in [0.2, 0.25) is 0 Å². The Kier molecular flexibility index (Phi) is 5.26. The standard InChI is InChI=1S/C15H15BrN2O2/c16-14-9-12(15(19)20)1-2-13(14)10-18-8-5-11-3-6-17-7-4-11/h1-4,6-7,9,18H,5,8,10H2,(H,19,20). The molecule has 104 valence electrons. The predicted molar refractivity (Wildman–Crippen MR) is 80.7 cm³/mol. The number of carbonyl (C=O) groups is 1. The van der Waals surface area contributed by atoms with Crippen LogP contribution in [0.5, 0.6) is 0 Å². The first-order chi connectivity index (χ1) is 9.66. The van der Waals surface area contributed by atoms with E-state index in [1.807, 2.05) is 18.2 Å². The van der Waals surface area contributed by atoms with Crippen molar-refractivity contribution in [2.75, 3.05) is 6.54 Å². The van der Waals surface area contributed by atoms with Gasteiger partial charge < -0.3 is 10.4 Å². The van der Waals surface area contributed by atoms with Crippen LogP contribution >= 0.6 is 15.9 Å². The number of hydrogen-bond donors (Lipinski definition) is 2. The van der Waals surface area contributed by atoms with Crippen LogP contribution in [0, 0.1) is 0 Å². The minimum absolute atomic E-state index is 0.289. The van der Waals surface area contributed by atoms with E-state index in [9.17, 15) is 4.79 Å². The third kappa shape index (κ3) is 4.15. The first-order valence-electron chi connectivity index (χ1n) is 6.28. The predicted octanol–water partition coefficient (Wildman–Crippen LogP) is 2.87. The number of aromatic nitrogens is 1. The molecule has 20 heavy (non-hydrogen) atoms. The Morgan fingerprint density at radius 3 is 2.65 bits per heavy atom. The molecular formula is C15H15BrN2O2. The van der Waals surface area contributed by atoms with Gasteiger partial charge in [-0.3, -0.25) is 4.98 Å². The van der Waals surface area contributed by atoms with Crippen LogP contribution in [0.3, 0.4) is 0 Å². The smallest absolute Gasteiger partial charge is 0.335 e. The molecule has 0 fully saturated rings. The highest BCUT2D eigenvalue weighted by Gasteiger charge is 2.06. The van der Waals surface area contributed by atoms with Crippen LogP contribution in [0.4, 0.5) is 0 Å². The molecule has 0 saturated carbocycles. The molecule has 2 rings (SSSR count). The van der Waals surface area contributed by atoms with Crippen molar-refractivity contribution in [3.63, 3.8) is 0 Å². The van der Waals surface area contributed by atoms with Crippen molar-refractivity contribution in [1.29, 1.82) is 0 Å². The molecule has 2 aromatic rings. The second-order valence-corrected chi connectivity index (χ2v) is 5.25. The maximum absolute atomic E-state index is 10.8. The van der Waals surface area contributed by atoms with Crippen molar-refractivity contribution in [2.24, 2.45) is 0 Å². The molecule has 0 amide bonds. The molecule has 0 unspecified atom stereocenters. The van der Waals surface area contributed by atoms with Crippen LogP contribution in [-0.2, 0) is 13.0 Å². The molecule has 0 aliphatic rings. The maximum atomic E-state index is 10.8. The molecular weight excluding hydrogens is 320 g/mol. The zero-order valence-corrected chi connectivity index (χ0v) is 12.4. The van der Waals surface area contributed by atoms with Crippen LogP contribution in [0.1, 0.15) is 21.5 Å². The van der Waals surface area contributed by atoms with E-state index in [1.165, 1.54) is 5.56 Å². The van der Waals surface area contributed by atoms with Gasteiger partial charge in [-0.2, -0.15) is 0 Å². The first-order valence-corrected chi connectivity index (χ1v) is 7.07. The maximum Gasteiger partial charge on any atom is 0.335 e. The molecule has 0 aliphatic heterocycles. The van der Waals surface area contributed by atoms with Crippen LogP contribution in [0.2, 0.25) is 0 Å². The minimum Gasteiger partial charge on any atom is -0.478 e. The number of aromatic carboxylic acids is 1. The molecule has 0 aliphatic carbocycles. The van der Waals surface area contributed by atoms with Crippen molar-refractivity contribution in [3.8, 4) is 0 Å². The summed E-state index contributed by atoms with van der Waals surface area (Å²) in [6, 6.07) is 9.07. The summed E-state index contributed by atoms with van der Waals surface area (Å²) in [7, 11) is 0. The highest BCUT2D eigenvalue weighted by molar-refractivity contribution is 9.10. The summed E-state index contributed by atoms with van der Waals surface area (Å²) in [5, 5.41) is 12.2. The van der Waals surface area contributed by atoms with Crippen molar-refractivity contribution >= 4 is 21.9 Å². The lowest BCUT2D eigenvalue weighted by molar-refractivity contribution is 0.0697. The summed E-state index contributed by atoms with van der Waals surface area (Å²) < 4.78 is 0.814. The largest absolute Gasteiger partial charge is 0.478 e. The van der Waals surface area contributed by atoms with Crippen molar-refractivity contribution in [2.45, 2.75) is 13.0 Å². The number of carboxylic acid groups (broad SMARTS) is 1. The van der Waals surface area contributed by atoms with Gasteiger partial charge in [0.05, 0.1) is 5.56 Å². The molecule has 1 aromatic heterocycles. The Morgan fingerprint density at radius 2 is 2.00 bits per heavy atom. The van der Waals surface area contributed by atoms with Crippen LogP contribution < -0.4 is 5.32 Å². The third-order valence-corrected chi connectivity index (χ3v) is 3.69. The highest BCUT2D eigenvalue weighted by Crippen LogP contribution is 2.18. The lowest BCUT2D eigenvalue weighted by atomic mass is 10.1. The molecule has 0 atom stereocenters.